The van der Waals surface area contributed by atoms with Gasteiger partial charge in [-0.3, -0.25) is 4.79 Å². The molecule has 1 heterocycles. The number of aromatic carboxylic acids is 1. The summed E-state index contributed by atoms with van der Waals surface area (Å²) in [7, 11) is 0. The lowest BCUT2D eigenvalue weighted by atomic mass is 10.1. The van der Waals surface area contributed by atoms with Crippen molar-refractivity contribution in [1.29, 1.82) is 0 Å². The maximum Gasteiger partial charge on any atom is 0.336 e. The molecule has 2 aromatic rings. The number of nitrogens with zero attached hydrogens (tertiary/aromatic N) is 1. The Balaban J connectivity index is 2.29. The summed E-state index contributed by atoms with van der Waals surface area (Å²) in [5, 5.41) is 11.7. The molecule has 0 fully saturated rings. The predicted octanol–water partition coefficient (Wildman–Crippen LogP) is 3.10. The number of amides is 1. The van der Waals surface area contributed by atoms with Gasteiger partial charge in [-0.25, -0.2) is 9.78 Å². The third-order valence-corrected chi connectivity index (χ3v) is 3.20. The van der Waals surface area contributed by atoms with Gasteiger partial charge in [0.05, 0.1) is 5.56 Å². The summed E-state index contributed by atoms with van der Waals surface area (Å²) < 4.78 is 0.557. The zero-order valence-electron chi connectivity index (χ0n) is 10.6. The third-order valence-electron chi connectivity index (χ3n) is 2.76. The number of anilines is 1. The molecule has 0 radical (unpaired) electrons. The van der Waals surface area contributed by atoms with E-state index in [-0.39, 0.29) is 11.3 Å². The van der Waals surface area contributed by atoms with E-state index in [0.29, 0.717) is 15.9 Å². The molecule has 0 aliphatic rings. The topological polar surface area (TPSA) is 79.3 Å². The van der Waals surface area contributed by atoms with E-state index < -0.39 is 11.9 Å². The summed E-state index contributed by atoms with van der Waals surface area (Å²) in [5.74, 6) is -1.42. The van der Waals surface area contributed by atoms with Gasteiger partial charge in [-0.1, -0.05) is 12.1 Å². The molecule has 0 aliphatic carbocycles. The van der Waals surface area contributed by atoms with Crippen LogP contribution in [0.1, 0.15) is 26.4 Å². The highest BCUT2D eigenvalue weighted by Gasteiger charge is 2.13. The Morgan fingerprint density at radius 2 is 1.90 bits per heavy atom. The summed E-state index contributed by atoms with van der Waals surface area (Å²) >= 11 is 3.19. The maximum absolute atomic E-state index is 12.1. The molecule has 0 spiro atoms. The van der Waals surface area contributed by atoms with Crippen molar-refractivity contribution in [3.63, 3.8) is 0 Å². The molecule has 6 heteroatoms. The van der Waals surface area contributed by atoms with Crippen molar-refractivity contribution in [3.8, 4) is 0 Å². The second kappa shape index (κ2) is 5.83. The molecule has 1 aromatic carbocycles. The fraction of sp³-hybridized carbons (Fsp3) is 0.0714. The SMILES string of the molecule is Cc1c(NC(=O)c2cccc(Br)n2)cccc1C(=O)O. The van der Waals surface area contributed by atoms with Crippen LogP contribution in [0.15, 0.2) is 41.0 Å². The Labute approximate surface area is 123 Å². The average molecular weight is 335 g/mol. The fourth-order valence-corrected chi connectivity index (χ4v) is 2.07. The number of hydrogen-bond donors (Lipinski definition) is 2. The van der Waals surface area contributed by atoms with Crippen molar-refractivity contribution in [1.82, 2.24) is 4.98 Å². The lowest BCUT2D eigenvalue weighted by Gasteiger charge is -2.10. The quantitative estimate of drug-likeness (QED) is 0.845. The summed E-state index contributed by atoms with van der Waals surface area (Å²) in [6.07, 6.45) is 0. The molecule has 0 bridgehead atoms. The zero-order valence-corrected chi connectivity index (χ0v) is 12.1. The smallest absolute Gasteiger partial charge is 0.336 e. The molecule has 0 aliphatic heterocycles. The van der Waals surface area contributed by atoms with Crippen LogP contribution < -0.4 is 5.32 Å². The molecule has 1 amide bonds. The average Bonchev–Trinajstić information content (AvgIpc) is 2.40. The molecule has 5 nitrogen and oxygen atoms in total. The van der Waals surface area contributed by atoms with E-state index in [9.17, 15) is 9.59 Å². The number of benzene rings is 1. The minimum absolute atomic E-state index is 0.157. The molecule has 0 unspecified atom stereocenters. The van der Waals surface area contributed by atoms with Gasteiger partial charge in [0.15, 0.2) is 0 Å². The number of pyridine rings is 1. The van der Waals surface area contributed by atoms with E-state index in [1.54, 1.807) is 37.3 Å². The first kappa shape index (κ1) is 14.2. The number of carboxylic acids is 1. The van der Waals surface area contributed by atoms with Crippen molar-refractivity contribution in [2.24, 2.45) is 0 Å². The minimum Gasteiger partial charge on any atom is -0.478 e. The zero-order chi connectivity index (χ0) is 14.7. The largest absolute Gasteiger partial charge is 0.478 e. The molecular weight excluding hydrogens is 324 g/mol. The van der Waals surface area contributed by atoms with Gasteiger partial charge in [0.1, 0.15) is 10.3 Å². The van der Waals surface area contributed by atoms with Crippen molar-refractivity contribution in [3.05, 3.63) is 57.8 Å². The molecule has 1 aromatic heterocycles. The number of aromatic nitrogens is 1. The highest BCUT2D eigenvalue weighted by atomic mass is 79.9. The minimum atomic E-state index is -1.03. The number of rotatable bonds is 3. The lowest BCUT2D eigenvalue weighted by Crippen LogP contribution is -2.15. The van der Waals surface area contributed by atoms with Crippen LogP contribution in [0.2, 0.25) is 0 Å². The van der Waals surface area contributed by atoms with Crippen molar-refractivity contribution in [2.45, 2.75) is 6.92 Å². The second-order valence-corrected chi connectivity index (χ2v) is 4.90. The number of halogens is 1. The summed E-state index contributed by atoms with van der Waals surface area (Å²) in [4.78, 5) is 27.1. The van der Waals surface area contributed by atoms with Crippen LogP contribution in [0, 0.1) is 6.92 Å². The lowest BCUT2D eigenvalue weighted by molar-refractivity contribution is 0.0695. The highest BCUT2D eigenvalue weighted by molar-refractivity contribution is 9.10. The highest BCUT2D eigenvalue weighted by Crippen LogP contribution is 2.19. The summed E-state index contributed by atoms with van der Waals surface area (Å²) in [6, 6.07) is 9.72. The number of hydrogen-bond acceptors (Lipinski definition) is 3. The molecule has 2 rings (SSSR count). The van der Waals surface area contributed by atoms with Crippen LogP contribution in [-0.4, -0.2) is 22.0 Å². The number of nitrogens with one attached hydrogen (secondary N) is 1. The van der Waals surface area contributed by atoms with E-state index in [0.717, 1.165) is 0 Å². The third kappa shape index (κ3) is 3.03. The van der Waals surface area contributed by atoms with Gasteiger partial charge >= 0.3 is 5.97 Å². The molecule has 102 valence electrons. The number of carboxylic acid groups (broad SMARTS) is 1. The maximum atomic E-state index is 12.1. The van der Waals surface area contributed by atoms with Gasteiger partial charge in [0, 0.05) is 5.69 Å². The normalized spacial score (nSPS) is 10.1. The Morgan fingerprint density at radius 1 is 1.20 bits per heavy atom. The van der Waals surface area contributed by atoms with Crippen LogP contribution in [0.5, 0.6) is 0 Å². The predicted molar refractivity (Wildman–Crippen MR) is 78.0 cm³/mol. The van der Waals surface area contributed by atoms with Crippen LogP contribution in [0.3, 0.4) is 0 Å². The van der Waals surface area contributed by atoms with E-state index >= 15 is 0 Å². The van der Waals surface area contributed by atoms with E-state index in [4.69, 9.17) is 5.11 Å². The van der Waals surface area contributed by atoms with Gasteiger partial charge in [-0.15, -0.1) is 0 Å². The Bertz CT molecular complexity index is 686. The molecule has 0 saturated heterocycles. The van der Waals surface area contributed by atoms with Gasteiger partial charge in [-0.2, -0.15) is 0 Å². The van der Waals surface area contributed by atoms with E-state index in [1.807, 2.05) is 0 Å². The van der Waals surface area contributed by atoms with Crippen LogP contribution in [-0.2, 0) is 0 Å². The molecule has 0 saturated carbocycles. The van der Waals surface area contributed by atoms with Gasteiger partial charge in [-0.05, 0) is 52.7 Å². The number of carbonyl (C=O) groups excluding carboxylic acids is 1. The summed E-state index contributed by atoms with van der Waals surface area (Å²) in [5.41, 5.74) is 1.37. The standard InChI is InChI=1S/C14H11BrN2O3/c1-8-9(14(19)20)4-2-5-10(8)17-13(18)11-6-3-7-12(15)16-11/h2-7H,1H3,(H,17,18)(H,19,20). The van der Waals surface area contributed by atoms with E-state index in [1.165, 1.54) is 6.07 Å². The van der Waals surface area contributed by atoms with Crippen molar-refractivity contribution < 1.29 is 14.7 Å². The van der Waals surface area contributed by atoms with Gasteiger partial charge < -0.3 is 10.4 Å². The van der Waals surface area contributed by atoms with Gasteiger partial charge in [0.2, 0.25) is 0 Å². The summed E-state index contributed by atoms with van der Waals surface area (Å²) in [6.45, 7) is 1.65. The first-order valence-electron chi connectivity index (χ1n) is 5.76. The number of carbonyl (C=O) groups is 2. The molecule has 2 N–H and O–H groups in total. The Kier molecular flexibility index (Phi) is 4.14. The van der Waals surface area contributed by atoms with Crippen LogP contribution in [0.25, 0.3) is 0 Å². The molecular formula is C14H11BrN2O3. The first-order chi connectivity index (χ1) is 9.49. The second-order valence-electron chi connectivity index (χ2n) is 4.08. The molecule has 20 heavy (non-hydrogen) atoms. The van der Waals surface area contributed by atoms with E-state index in [2.05, 4.69) is 26.2 Å². The fourth-order valence-electron chi connectivity index (χ4n) is 1.72. The Hall–Kier alpha value is -2.21. The Morgan fingerprint density at radius 3 is 2.55 bits per heavy atom. The monoisotopic (exact) mass is 334 g/mol. The van der Waals surface area contributed by atoms with Crippen LogP contribution >= 0.6 is 15.9 Å². The first-order valence-corrected chi connectivity index (χ1v) is 6.55. The molecule has 0 atom stereocenters. The van der Waals surface area contributed by atoms with Crippen molar-refractivity contribution in [2.75, 3.05) is 5.32 Å². The van der Waals surface area contributed by atoms with Crippen LogP contribution in [0.4, 0.5) is 5.69 Å². The van der Waals surface area contributed by atoms with Gasteiger partial charge in [0.25, 0.3) is 5.91 Å². The van der Waals surface area contributed by atoms with Crippen molar-refractivity contribution >= 4 is 33.5 Å².